The van der Waals surface area contributed by atoms with Gasteiger partial charge in [0.25, 0.3) is 0 Å². The van der Waals surface area contributed by atoms with Crippen LogP contribution in [0.1, 0.15) is 79.6 Å². The maximum Gasteiger partial charge on any atom is 0.0579 e. The van der Waals surface area contributed by atoms with Gasteiger partial charge in [-0.1, -0.05) is 46.8 Å². The molecule has 0 aliphatic heterocycles. The van der Waals surface area contributed by atoms with E-state index in [0.717, 1.165) is 38.5 Å². The fraction of sp³-hybridized carbons (Fsp3) is 0.929. The molecular formula is C28H48O4. The Morgan fingerprint density at radius 1 is 0.844 bits per heavy atom. The molecule has 3 unspecified atom stereocenters. The first-order chi connectivity index (χ1) is 15.0. The Morgan fingerprint density at radius 3 is 2.19 bits per heavy atom. The minimum Gasteiger partial charge on any atom is -0.396 e. The average molecular weight is 449 g/mol. The molecule has 0 bridgehead atoms. The van der Waals surface area contributed by atoms with E-state index in [-0.39, 0.29) is 53.5 Å². The second kappa shape index (κ2) is 8.98. The van der Waals surface area contributed by atoms with Crippen LogP contribution in [0.4, 0.5) is 0 Å². The van der Waals surface area contributed by atoms with Gasteiger partial charge in [-0.2, -0.15) is 0 Å². The summed E-state index contributed by atoms with van der Waals surface area (Å²) in [6, 6.07) is 0. The Hall–Kier alpha value is -0.420. The summed E-state index contributed by atoms with van der Waals surface area (Å²) in [5.41, 5.74) is 0.172. The van der Waals surface area contributed by atoms with Crippen molar-refractivity contribution in [2.75, 3.05) is 6.61 Å². The zero-order chi connectivity index (χ0) is 23.4. The summed E-state index contributed by atoms with van der Waals surface area (Å²) >= 11 is 0. The van der Waals surface area contributed by atoms with Gasteiger partial charge in [-0.15, -0.1) is 0 Å². The van der Waals surface area contributed by atoms with Gasteiger partial charge in [0.05, 0.1) is 18.3 Å². The second-order valence-electron chi connectivity index (χ2n) is 12.9. The van der Waals surface area contributed by atoms with Gasteiger partial charge in [0, 0.05) is 12.5 Å². The van der Waals surface area contributed by atoms with Crippen LogP contribution in [0.2, 0.25) is 0 Å². The van der Waals surface area contributed by atoms with Gasteiger partial charge >= 0.3 is 0 Å². The van der Waals surface area contributed by atoms with Crippen LogP contribution >= 0.6 is 0 Å². The molecule has 32 heavy (non-hydrogen) atoms. The number of aliphatic hydroxyl groups is 4. The summed E-state index contributed by atoms with van der Waals surface area (Å²) in [7, 11) is 0. The fourth-order valence-corrected chi connectivity index (χ4v) is 9.15. The quantitative estimate of drug-likeness (QED) is 0.470. The van der Waals surface area contributed by atoms with Crippen LogP contribution in [-0.2, 0) is 0 Å². The number of hydrogen-bond acceptors (Lipinski definition) is 4. The van der Waals surface area contributed by atoms with Crippen LogP contribution in [0.3, 0.4) is 0 Å². The summed E-state index contributed by atoms with van der Waals surface area (Å²) in [5, 5.41) is 42.6. The molecule has 0 saturated heterocycles. The molecule has 0 amide bonds. The van der Waals surface area contributed by atoms with Gasteiger partial charge in [-0.05, 0) is 97.2 Å². The monoisotopic (exact) mass is 448 g/mol. The Kier molecular flexibility index (Phi) is 6.93. The first-order valence-corrected chi connectivity index (χ1v) is 13.4. The maximum atomic E-state index is 11.4. The highest BCUT2D eigenvalue weighted by atomic mass is 16.3. The molecule has 12 atom stereocenters. The SMILES string of the molecule is CC(C)[C@H](/C=C/[C@@H](C)[C@H]1C[C@@H](O)C2C3C[C@H](O)[C@H]4C[C@@H](O)CC[C@]4(C)C3CC[C@@]21C)CO. The van der Waals surface area contributed by atoms with Gasteiger partial charge in [0.1, 0.15) is 0 Å². The van der Waals surface area contributed by atoms with E-state index in [1.54, 1.807) is 0 Å². The van der Waals surface area contributed by atoms with Crippen molar-refractivity contribution in [3.05, 3.63) is 12.2 Å². The number of fused-ring (bicyclic) bond motifs is 5. The summed E-state index contributed by atoms with van der Waals surface area (Å²) in [6.45, 7) is 11.6. The second-order valence-corrected chi connectivity index (χ2v) is 12.9. The summed E-state index contributed by atoms with van der Waals surface area (Å²) in [4.78, 5) is 0. The molecule has 4 saturated carbocycles. The topological polar surface area (TPSA) is 80.9 Å². The molecule has 4 fully saturated rings. The van der Waals surface area contributed by atoms with E-state index < -0.39 is 0 Å². The van der Waals surface area contributed by atoms with Crippen molar-refractivity contribution in [3.63, 3.8) is 0 Å². The third kappa shape index (κ3) is 3.91. The van der Waals surface area contributed by atoms with E-state index in [0.29, 0.717) is 29.6 Å². The highest BCUT2D eigenvalue weighted by molar-refractivity contribution is 5.14. The van der Waals surface area contributed by atoms with Crippen molar-refractivity contribution < 1.29 is 20.4 Å². The molecule has 0 heterocycles. The zero-order valence-electron chi connectivity index (χ0n) is 21.0. The van der Waals surface area contributed by atoms with E-state index in [2.05, 4.69) is 46.8 Å². The largest absolute Gasteiger partial charge is 0.396 e. The minimum absolute atomic E-state index is 0.0812. The lowest BCUT2D eigenvalue weighted by Gasteiger charge is -2.62. The number of allylic oxidation sites excluding steroid dienone is 1. The third-order valence-electron chi connectivity index (χ3n) is 11.1. The van der Waals surface area contributed by atoms with Gasteiger partial charge < -0.3 is 20.4 Å². The molecule has 0 aromatic carbocycles. The number of rotatable bonds is 5. The van der Waals surface area contributed by atoms with Crippen LogP contribution in [0.15, 0.2) is 12.2 Å². The van der Waals surface area contributed by atoms with Crippen molar-refractivity contribution in [2.24, 2.45) is 58.2 Å². The highest BCUT2D eigenvalue weighted by Gasteiger charge is 2.64. The lowest BCUT2D eigenvalue weighted by molar-refractivity contribution is -0.180. The van der Waals surface area contributed by atoms with Crippen LogP contribution in [-0.4, -0.2) is 45.3 Å². The first-order valence-electron chi connectivity index (χ1n) is 13.4. The van der Waals surface area contributed by atoms with E-state index in [1.807, 2.05) is 0 Å². The first kappa shape index (κ1) is 24.7. The summed E-state index contributed by atoms with van der Waals surface area (Å²) < 4.78 is 0. The van der Waals surface area contributed by atoms with Crippen LogP contribution in [0.25, 0.3) is 0 Å². The number of hydrogen-bond donors (Lipinski definition) is 4. The summed E-state index contributed by atoms with van der Waals surface area (Å²) in [6.07, 6.45) is 10.1. The minimum atomic E-state index is -0.363. The smallest absolute Gasteiger partial charge is 0.0579 e. The molecule has 184 valence electrons. The van der Waals surface area contributed by atoms with Crippen molar-refractivity contribution >= 4 is 0 Å². The molecule has 4 nitrogen and oxygen atoms in total. The molecule has 4 aliphatic carbocycles. The Labute approximate surface area is 195 Å². The average Bonchev–Trinajstić information content (AvgIpc) is 3.00. The van der Waals surface area contributed by atoms with E-state index in [9.17, 15) is 20.4 Å². The predicted molar refractivity (Wildman–Crippen MR) is 128 cm³/mol. The molecule has 4 aliphatic rings. The van der Waals surface area contributed by atoms with Crippen LogP contribution < -0.4 is 0 Å². The van der Waals surface area contributed by atoms with Crippen molar-refractivity contribution in [2.45, 2.75) is 97.9 Å². The lowest BCUT2D eigenvalue weighted by Crippen LogP contribution is -2.59. The Balaban J connectivity index is 1.57. The third-order valence-corrected chi connectivity index (χ3v) is 11.1. The van der Waals surface area contributed by atoms with Gasteiger partial charge in [-0.3, -0.25) is 0 Å². The van der Waals surface area contributed by atoms with E-state index in [4.69, 9.17) is 0 Å². The molecular weight excluding hydrogens is 400 g/mol. The highest BCUT2D eigenvalue weighted by Crippen LogP contribution is 2.68. The van der Waals surface area contributed by atoms with Crippen molar-refractivity contribution in [1.29, 1.82) is 0 Å². The molecule has 0 radical (unpaired) electrons. The maximum absolute atomic E-state index is 11.4. The summed E-state index contributed by atoms with van der Waals surface area (Å²) in [5.74, 6) is 2.77. The van der Waals surface area contributed by atoms with Gasteiger partial charge in [0.2, 0.25) is 0 Å². The lowest BCUT2D eigenvalue weighted by atomic mass is 9.43. The molecule has 0 aromatic rings. The van der Waals surface area contributed by atoms with Gasteiger partial charge in [0.15, 0.2) is 0 Å². The molecule has 4 rings (SSSR count). The zero-order valence-corrected chi connectivity index (χ0v) is 21.0. The Morgan fingerprint density at radius 2 is 1.53 bits per heavy atom. The fourth-order valence-electron chi connectivity index (χ4n) is 9.15. The van der Waals surface area contributed by atoms with Gasteiger partial charge in [-0.25, -0.2) is 0 Å². The van der Waals surface area contributed by atoms with E-state index in [1.165, 1.54) is 6.42 Å². The van der Waals surface area contributed by atoms with Crippen molar-refractivity contribution in [3.8, 4) is 0 Å². The molecule has 4 N–H and O–H groups in total. The number of aliphatic hydroxyl groups excluding tert-OH is 4. The normalized spacial score (nSPS) is 50.7. The van der Waals surface area contributed by atoms with Crippen LogP contribution in [0.5, 0.6) is 0 Å². The molecule has 4 heteroatoms. The Bertz CT molecular complexity index is 691. The van der Waals surface area contributed by atoms with Crippen molar-refractivity contribution in [1.82, 2.24) is 0 Å². The van der Waals surface area contributed by atoms with Crippen LogP contribution in [0, 0.1) is 58.2 Å². The molecule has 0 aromatic heterocycles. The molecule has 0 spiro atoms. The predicted octanol–water partition coefficient (Wildman–Crippen LogP) is 4.40. The standard InChI is InChI=1S/C28H48O4/c1-16(2)18(15-29)7-6-17(3)22-14-25(32)26-20-13-24(31)23-12-19(30)8-10-27(23,4)21(20)9-11-28(22,26)5/h6-7,16-26,29-32H,8-15H2,1-5H3/b7-6+/t17-,18-,19+,20?,21?,22-,23-,24+,25-,26?,27-,28-/m1/s1. The van der Waals surface area contributed by atoms with E-state index >= 15 is 0 Å².